The molecule has 0 amide bonds. The maximum absolute atomic E-state index is 9.60. The highest BCUT2D eigenvalue weighted by Gasteiger charge is 2.21. The van der Waals surface area contributed by atoms with Crippen LogP contribution in [0.4, 0.5) is 0 Å². The van der Waals surface area contributed by atoms with E-state index in [9.17, 15) is 5.11 Å². The van der Waals surface area contributed by atoms with Gasteiger partial charge in [0.05, 0.1) is 0 Å². The van der Waals surface area contributed by atoms with Gasteiger partial charge >= 0.3 is 0 Å². The highest BCUT2D eigenvalue weighted by atomic mass is 16.3. The molecule has 0 radical (unpaired) electrons. The van der Waals surface area contributed by atoms with Crippen molar-refractivity contribution >= 4 is 0 Å². The number of aromatic nitrogens is 1. The van der Waals surface area contributed by atoms with Gasteiger partial charge in [-0.25, -0.2) is 0 Å². The van der Waals surface area contributed by atoms with E-state index in [1.807, 2.05) is 30.6 Å². The number of phenols is 1. The number of pyridine rings is 1. The van der Waals surface area contributed by atoms with Gasteiger partial charge in [-0.05, 0) is 62.2 Å². The summed E-state index contributed by atoms with van der Waals surface area (Å²) in [5, 5.41) is 13.3. The summed E-state index contributed by atoms with van der Waals surface area (Å²) in [7, 11) is 0. The predicted octanol–water partition coefficient (Wildman–Crippen LogP) is 3.10. The van der Waals surface area contributed by atoms with E-state index in [4.69, 9.17) is 0 Å². The average Bonchev–Trinajstić information content (AvgIpc) is 2.57. The Labute approximate surface area is 138 Å². The average molecular weight is 311 g/mol. The van der Waals surface area contributed by atoms with Crippen LogP contribution in [-0.2, 0) is 6.54 Å². The number of likely N-dealkylation sites (tertiary alicyclic amines) is 1. The molecule has 0 aliphatic carbocycles. The van der Waals surface area contributed by atoms with Crippen molar-refractivity contribution in [2.24, 2.45) is 0 Å². The van der Waals surface area contributed by atoms with E-state index in [1.165, 1.54) is 5.56 Å². The Morgan fingerprint density at radius 2 is 2.09 bits per heavy atom. The Morgan fingerprint density at radius 3 is 2.78 bits per heavy atom. The van der Waals surface area contributed by atoms with Crippen LogP contribution in [0, 0.1) is 0 Å². The van der Waals surface area contributed by atoms with Gasteiger partial charge in [0.25, 0.3) is 0 Å². The van der Waals surface area contributed by atoms with Gasteiger partial charge in [-0.1, -0.05) is 18.2 Å². The Hall–Kier alpha value is -1.91. The highest BCUT2D eigenvalue weighted by molar-refractivity contribution is 5.29. The van der Waals surface area contributed by atoms with Gasteiger partial charge in [-0.15, -0.1) is 0 Å². The molecule has 4 heteroatoms. The summed E-state index contributed by atoms with van der Waals surface area (Å²) in [4.78, 5) is 6.68. The molecule has 0 unspecified atom stereocenters. The van der Waals surface area contributed by atoms with Crippen LogP contribution in [0.3, 0.4) is 0 Å². The van der Waals surface area contributed by atoms with E-state index >= 15 is 0 Å². The van der Waals surface area contributed by atoms with E-state index in [0.29, 0.717) is 11.8 Å². The molecular weight excluding hydrogens is 286 g/mol. The second-order valence-electron chi connectivity index (χ2n) is 6.40. The zero-order valence-electron chi connectivity index (χ0n) is 13.7. The van der Waals surface area contributed by atoms with Gasteiger partial charge in [-0.2, -0.15) is 0 Å². The second kappa shape index (κ2) is 7.57. The monoisotopic (exact) mass is 311 g/mol. The zero-order valence-corrected chi connectivity index (χ0v) is 13.7. The molecule has 1 aromatic carbocycles. The SMILES string of the molecule is C[C@@H](NC1CCN(Cc2cccnc2)CC1)c1cccc(O)c1. The van der Waals surface area contributed by atoms with Crippen molar-refractivity contribution in [1.82, 2.24) is 15.2 Å². The second-order valence-corrected chi connectivity index (χ2v) is 6.40. The number of nitrogens with one attached hydrogen (secondary N) is 1. The molecule has 23 heavy (non-hydrogen) atoms. The topological polar surface area (TPSA) is 48.4 Å². The van der Waals surface area contributed by atoms with Gasteiger partial charge < -0.3 is 10.4 Å². The third-order valence-corrected chi connectivity index (χ3v) is 4.57. The zero-order chi connectivity index (χ0) is 16.1. The Bertz CT molecular complexity index is 609. The maximum Gasteiger partial charge on any atom is 0.115 e. The van der Waals surface area contributed by atoms with Crippen LogP contribution >= 0.6 is 0 Å². The van der Waals surface area contributed by atoms with Gasteiger partial charge in [0.2, 0.25) is 0 Å². The normalized spacial score (nSPS) is 18.0. The molecule has 1 atom stereocenters. The van der Waals surface area contributed by atoms with Crippen molar-refractivity contribution in [2.75, 3.05) is 13.1 Å². The molecule has 0 spiro atoms. The lowest BCUT2D eigenvalue weighted by molar-refractivity contribution is 0.185. The first-order chi connectivity index (χ1) is 11.2. The first-order valence-corrected chi connectivity index (χ1v) is 8.37. The number of benzene rings is 1. The van der Waals surface area contributed by atoms with E-state index in [-0.39, 0.29) is 6.04 Å². The summed E-state index contributed by atoms with van der Waals surface area (Å²) in [6.45, 7) is 5.37. The highest BCUT2D eigenvalue weighted by Crippen LogP contribution is 2.21. The van der Waals surface area contributed by atoms with E-state index in [1.54, 1.807) is 6.07 Å². The lowest BCUT2D eigenvalue weighted by atomic mass is 10.0. The lowest BCUT2D eigenvalue weighted by Gasteiger charge is -2.34. The van der Waals surface area contributed by atoms with Crippen molar-refractivity contribution in [3.63, 3.8) is 0 Å². The molecule has 0 saturated carbocycles. The van der Waals surface area contributed by atoms with Crippen LogP contribution in [0.1, 0.15) is 36.9 Å². The van der Waals surface area contributed by atoms with Gasteiger partial charge in [-0.3, -0.25) is 9.88 Å². The molecule has 4 nitrogen and oxygen atoms in total. The van der Waals surface area contributed by atoms with E-state index in [0.717, 1.165) is 38.0 Å². The summed E-state index contributed by atoms with van der Waals surface area (Å²) in [5.74, 6) is 0.336. The molecule has 122 valence electrons. The van der Waals surface area contributed by atoms with Crippen LogP contribution in [0.25, 0.3) is 0 Å². The minimum atomic E-state index is 0.261. The number of hydrogen-bond acceptors (Lipinski definition) is 4. The van der Waals surface area contributed by atoms with E-state index < -0.39 is 0 Å². The van der Waals surface area contributed by atoms with E-state index in [2.05, 4.69) is 34.3 Å². The number of hydrogen-bond donors (Lipinski definition) is 2. The number of rotatable bonds is 5. The van der Waals surface area contributed by atoms with Crippen molar-refractivity contribution in [1.29, 1.82) is 0 Å². The molecule has 1 aliphatic rings. The maximum atomic E-state index is 9.60. The van der Waals surface area contributed by atoms with Gasteiger partial charge in [0.1, 0.15) is 5.75 Å². The predicted molar refractivity (Wildman–Crippen MR) is 92.2 cm³/mol. The summed E-state index contributed by atoms with van der Waals surface area (Å²) in [6, 6.07) is 12.5. The van der Waals surface area contributed by atoms with Crippen LogP contribution < -0.4 is 5.32 Å². The van der Waals surface area contributed by atoms with Crippen LogP contribution in [0.5, 0.6) is 5.75 Å². The summed E-state index contributed by atoms with van der Waals surface area (Å²) < 4.78 is 0. The number of phenolic OH excluding ortho intramolecular Hbond substituents is 1. The fraction of sp³-hybridized carbons (Fsp3) is 0.421. The molecule has 0 bridgehead atoms. The molecule has 2 N–H and O–H groups in total. The fourth-order valence-electron chi connectivity index (χ4n) is 3.25. The van der Waals surface area contributed by atoms with Gasteiger partial charge in [0.15, 0.2) is 0 Å². The number of aromatic hydroxyl groups is 1. The van der Waals surface area contributed by atoms with Crippen molar-refractivity contribution < 1.29 is 5.11 Å². The largest absolute Gasteiger partial charge is 0.508 e. The minimum Gasteiger partial charge on any atom is -0.508 e. The Morgan fingerprint density at radius 1 is 1.26 bits per heavy atom. The van der Waals surface area contributed by atoms with Crippen LogP contribution in [0.15, 0.2) is 48.8 Å². The first-order valence-electron chi connectivity index (χ1n) is 8.37. The Balaban J connectivity index is 1.47. The van der Waals surface area contributed by atoms with Crippen LogP contribution in [-0.4, -0.2) is 34.1 Å². The minimum absolute atomic E-state index is 0.261. The van der Waals surface area contributed by atoms with Crippen LogP contribution in [0.2, 0.25) is 0 Å². The summed E-state index contributed by atoms with van der Waals surface area (Å²) in [5.41, 5.74) is 2.43. The first kappa shape index (κ1) is 16.0. The number of piperidine rings is 1. The molecular formula is C19H25N3O. The Kier molecular flexibility index (Phi) is 5.26. The lowest BCUT2D eigenvalue weighted by Crippen LogP contribution is -2.42. The summed E-state index contributed by atoms with van der Waals surface area (Å²) in [6.07, 6.45) is 6.09. The molecule has 1 aromatic heterocycles. The van der Waals surface area contributed by atoms with Crippen molar-refractivity contribution in [2.45, 2.75) is 38.4 Å². The third kappa shape index (κ3) is 4.53. The van der Waals surface area contributed by atoms with Crippen molar-refractivity contribution in [3.8, 4) is 5.75 Å². The smallest absolute Gasteiger partial charge is 0.115 e. The molecule has 1 aliphatic heterocycles. The quantitative estimate of drug-likeness (QED) is 0.891. The molecule has 2 aromatic rings. The van der Waals surface area contributed by atoms with Gasteiger partial charge in [0, 0.05) is 31.0 Å². The summed E-state index contributed by atoms with van der Waals surface area (Å²) >= 11 is 0. The molecule has 3 rings (SSSR count). The number of nitrogens with zero attached hydrogens (tertiary/aromatic N) is 2. The molecule has 1 saturated heterocycles. The molecule has 1 fully saturated rings. The standard InChI is InChI=1S/C19H25N3O/c1-15(17-5-2-6-19(23)12-17)21-18-7-10-22(11-8-18)14-16-4-3-9-20-13-16/h2-6,9,12-13,15,18,21,23H,7-8,10-11,14H2,1H3/t15-/m1/s1. The molecule has 2 heterocycles. The third-order valence-electron chi connectivity index (χ3n) is 4.57. The fourth-order valence-corrected chi connectivity index (χ4v) is 3.25. The van der Waals surface area contributed by atoms with Crippen molar-refractivity contribution in [3.05, 3.63) is 59.9 Å².